The first kappa shape index (κ1) is 126. The molecule has 0 heterocycles. The molecule has 728 valence electrons. The third-order valence-corrected chi connectivity index (χ3v) is 19.0. The number of nitrogens with zero attached hydrogens (tertiary/aromatic N) is 4. The third kappa shape index (κ3) is 105. The highest BCUT2D eigenvalue weighted by molar-refractivity contribution is 5.79. The fraction of sp³-hybridized carbons (Fsp3) is 0.636. The van der Waals surface area contributed by atoms with E-state index in [1.54, 1.807) is 0 Å². The van der Waals surface area contributed by atoms with Gasteiger partial charge in [0.1, 0.15) is 37.0 Å². The van der Waals surface area contributed by atoms with E-state index in [2.05, 4.69) is 265 Å². The van der Waals surface area contributed by atoms with E-state index >= 15 is 0 Å². The van der Waals surface area contributed by atoms with E-state index < -0.39 is 6.10 Å². The van der Waals surface area contributed by atoms with Gasteiger partial charge >= 0.3 is 23.9 Å². The monoisotopic (exact) mass is 1780 g/mol. The van der Waals surface area contributed by atoms with Crippen LogP contribution in [0.2, 0.25) is 0 Å². The lowest BCUT2D eigenvalue weighted by molar-refractivity contribution is -0.160. The van der Waals surface area contributed by atoms with Crippen molar-refractivity contribution in [2.24, 2.45) is 0 Å². The zero-order valence-electron chi connectivity index (χ0n) is 83.8. The molecule has 0 aromatic carbocycles. The standard InChI is InChI=1S/C28H48N2O2.C28H47NO3.C27H46N2O3.C27H45NO4/c1-5-7-9-11-13-15-17-19-21-27(31)24-23-26(25-30(3)4)29-28(32)22-20-18-16-14-12-10-8-6-2;1-5-7-9-11-13-15-17-19-21-26(30)23-24-27(25-29(3)4)32-28(31)22-20-18-16-14-12-10-8-6-2;1-5-7-9-11-13-15-17-19-21-26(30)28-25(23-29(3)4)24-32-27(31)22-20-18-16-14-12-10-8-6-2;1-5-7-9-11-13-15-17-19-21-26(29)31-24-25(23-28(3)4)32-27(30)22-20-18-16-14-12-10-8-6-2/h7-10,13-16,26H,5-6,11-12,17-25H2,1-4H3,(H,29,32);7-10,13-16,27H,5-6,11-12,17-25H2,1-4H3;7-10,13-16,25H,5-6,11-12,17-24H2,1-4H3,(H,28,30);7-10,13-16,25H,5-6,11-12,17-24H2,1-4H3/b4*9-7+,10-8+,15-13+,16-14+. The number of carbonyl (C=O) groups is 8. The molecule has 18 nitrogen and oxygen atoms in total. The minimum Gasteiger partial charge on any atom is -0.463 e. The summed E-state index contributed by atoms with van der Waals surface area (Å²) in [6, 6.07) is -0.164. The van der Waals surface area contributed by atoms with Gasteiger partial charge < -0.3 is 49.2 Å². The maximum absolute atomic E-state index is 12.3. The van der Waals surface area contributed by atoms with Crippen molar-refractivity contribution in [2.75, 3.05) is 95.8 Å². The average Bonchev–Trinajstić information content (AvgIpc) is 0.956. The summed E-state index contributed by atoms with van der Waals surface area (Å²) >= 11 is 0. The topological polar surface area (TPSA) is 210 Å². The van der Waals surface area contributed by atoms with Gasteiger partial charge in [-0.25, -0.2) is 0 Å². The molecule has 0 fully saturated rings. The van der Waals surface area contributed by atoms with Crippen LogP contribution in [0.15, 0.2) is 194 Å². The highest BCUT2D eigenvalue weighted by Crippen LogP contribution is 2.15. The SMILES string of the molecule is CC/C=C/C/C=C/CCCC(=O)CCC(CN(C)C)NC(=O)CCC/C=C/C/C=C/CC.CC/C=C/C/C=C/CCCC(=O)CCC(CN(C)C)OC(=O)CCC/C=C/C/C=C/CC.CC/C=C/C/C=C/CCCC(=O)NC(COC(=O)CCC/C=C/C/C=C/CC)CN(C)C.CC/C=C/C/C=C/CCCC(=O)OCC(CN(C)C)OC(=O)CCC/C=C/C/C=C/CC. The minimum atomic E-state index is -0.443. The molecule has 0 saturated heterocycles. The van der Waals surface area contributed by atoms with Gasteiger partial charge in [0.25, 0.3) is 0 Å². The van der Waals surface area contributed by atoms with Gasteiger partial charge in [-0.3, -0.25) is 38.4 Å². The summed E-state index contributed by atoms with van der Waals surface area (Å²) in [5, 5.41) is 6.15. The Hall–Kier alpha value is -8.16. The Kier molecular flexibility index (Phi) is 99.5. The zero-order valence-corrected chi connectivity index (χ0v) is 83.8. The number of esters is 4. The number of ketones is 2. The normalized spacial score (nSPS) is 13.2. The van der Waals surface area contributed by atoms with Crippen molar-refractivity contribution in [2.45, 2.75) is 362 Å². The molecule has 0 spiro atoms. The minimum absolute atomic E-state index is 0.00874. The summed E-state index contributed by atoms with van der Waals surface area (Å²) in [6.07, 6.45) is 104. The quantitative estimate of drug-likeness (QED) is 0.0251. The number of rotatable bonds is 78. The molecule has 0 aliphatic heterocycles. The number of unbranched alkanes of at least 4 members (excludes halogenated alkanes) is 8. The van der Waals surface area contributed by atoms with Crippen LogP contribution < -0.4 is 10.6 Å². The predicted octanol–water partition coefficient (Wildman–Crippen LogP) is 25.4. The number of amides is 2. The highest BCUT2D eigenvalue weighted by atomic mass is 16.6. The van der Waals surface area contributed by atoms with Crippen LogP contribution in [0.25, 0.3) is 0 Å². The number of hydrogen-bond acceptors (Lipinski definition) is 16. The maximum Gasteiger partial charge on any atom is 0.306 e. The Morgan fingerprint density at radius 3 is 0.750 bits per heavy atom. The Morgan fingerprint density at radius 2 is 0.461 bits per heavy atom. The molecule has 0 aliphatic rings. The smallest absolute Gasteiger partial charge is 0.306 e. The number of nitrogens with one attached hydrogen (secondary N) is 2. The van der Waals surface area contributed by atoms with Crippen molar-refractivity contribution >= 4 is 47.3 Å². The van der Waals surface area contributed by atoms with Crippen LogP contribution in [0.3, 0.4) is 0 Å². The molecule has 4 atom stereocenters. The molecule has 0 saturated carbocycles. The van der Waals surface area contributed by atoms with Crippen molar-refractivity contribution in [1.29, 1.82) is 0 Å². The predicted molar refractivity (Wildman–Crippen MR) is 545 cm³/mol. The molecule has 4 unspecified atom stereocenters. The molecule has 0 aliphatic carbocycles. The summed E-state index contributed by atoms with van der Waals surface area (Å²) in [7, 11) is 15.6. The molecule has 128 heavy (non-hydrogen) atoms. The summed E-state index contributed by atoms with van der Waals surface area (Å²) in [5.74, 6) is -0.202. The fourth-order valence-corrected chi connectivity index (χ4v) is 12.4. The van der Waals surface area contributed by atoms with Crippen LogP contribution in [0, 0.1) is 0 Å². The summed E-state index contributed by atoms with van der Waals surface area (Å²) in [4.78, 5) is 106. The molecule has 0 bridgehead atoms. The average molecular weight is 1780 g/mol. The van der Waals surface area contributed by atoms with E-state index in [0.717, 1.165) is 212 Å². The number of carbonyl (C=O) groups excluding carboxylic acids is 8. The Labute approximate surface area is 782 Å². The molecule has 0 rings (SSSR count). The number of ether oxygens (including phenoxy) is 4. The lowest BCUT2D eigenvalue weighted by Gasteiger charge is -2.22. The molecular weight excluding hydrogens is 1600 g/mol. The molecule has 2 amide bonds. The van der Waals surface area contributed by atoms with E-state index in [1.165, 1.54) is 0 Å². The lowest BCUT2D eigenvalue weighted by atomic mass is 10.0. The van der Waals surface area contributed by atoms with E-state index in [9.17, 15) is 38.4 Å². The Balaban J connectivity index is -0.000000801. The van der Waals surface area contributed by atoms with E-state index in [1.807, 2.05) is 71.1 Å². The first-order chi connectivity index (χ1) is 62.0. The van der Waals surface area contributed by atoms with Crippen molar-refractivity contribution in [3.63, 3.8) is 0 Å². The number of Topliss-reactive ketones (excluding diaryl/α,β-unsaturated/α-hetero) is 2. The van der Waals surface area contributed by atoms with Gasteiger partial charge in [0.05, 0.1) is 6.04 Å². The van der Waals surface area contributed by atoms with Gasteiger partial charge in [0.2, 0.25) is 11.8 Å². The second kappa shape index (κ2) is 101. The van der Waals surface area contributed by atoms with Crippen molar-refractivity contribution in [3.05, 3.63) is 194 Å². The van der Waals surface area contributed by atoms with Crippen LogP contribution in [0.1, 0.15) is 338 Å². The van der Waals surface area contributed by atoms with Gasteiger partial charge in [-0.1, -0.05) is 250 Å². The van der Waals surface area contributed by atoms with Gasteiger partial charge in [0, 0.05) is 96.4 Å². The first-order valence-corrected chi connectivity index (χ1v) is 49.3. The summed E-state index contributed by atoms with van der Waals surface area (Å²) in [5.41, 5.74) is 0. The highest BCUT2D eigenvalue weighted by Gasteiger charge is 2.21. The first-order valence-electron chi connectivity index (χ1n) is 49.3. The van der Waals surface area contributed by atoms with Gasteiger partial charge in [-0.15, -0.1) is 0 Å². The molecular formula is C110H186N6O12. The van der Waals surface area contributed by atoms with Gasteiger partial charge in [0.15, 0.2) is 0 Å². The Bertz CT molecular complexity index is 2770. The second-order valence-corrected chi connectivity index (χ2v) is 33.2. The van der Waals surface area contributed by atoms with Crippen molar-refractivity contribution in [1.82, 2.24) is 30.2 Å². The van der Waals surface area contributed by atoms with Crippen LogP contribution in [0.5, 0.6) is 0 Å². The molecule has 0 aromatic heterocycles. The number of likely N-dealkylation sites (N-methyl/N-ethyl adjacent to an activating group) is 4. The van der Waals surface area contributed by atoms with E-state index in [4.69, 9.17) is 18.9 Å². The van der Waals surface area contributed by atoms with Gasteiger partial charge in [-0.05, 0) is 275 Å². The second-order valence-electron chi connectivity index (χ2n) is 33.2. The van der Waals surface area contributed by atoms with Crippen LogP contribution in [-0.4, -0.2) is 187 Å². The molecule has 0 radical (unpaired) electrons. The van der Waals surface area contributed by atoms with E-state index in [0.29, 0.717) is 102 Å². The van der Waals surface area contributed by atoms with Gasteiger partial charge in [-0.2, -0.15) is 0 Å². The van der Waals surface area contributed by atoms with Crippen LogP contribution in [-0.2, 0) is 57.3 Å². The van der Waals surface area contributed by atoms with Crippen molar-refractivity contribution in [3.8, 4) is 0 Å². The lowest BCUT2D eigenvalue weighted by Crippen LogP contribution is -2.45. The number of hydrogen-bond donors (Lipinski definition) is 2. The van der Waals surface area contributed by atoms with Crippen LogP contribution in [0.4, 0.5) is 0 Å². The summed E-state index contributed by atoms with van der Waals surface area (Å²) in [6.45, 7) is 19.9. The molecule has 2 N–H and O–H groups in total. The largest absolute Gasteiger partial charge is 0.463 e. The fourth-order valence-electron chi connectivity index (χ4n) is 12.4. The van der Waals surface area contributed by atoms with Crippen LogP contribution >= 0.6 is 0 Å². The maximum atomic E-state index is 12.3. The molecule has 18 heteroatoms. The molecule has 0 aromatic rings. The Morgan fingerprint density at radius 1 is 0.234 bits per heavy atom. The number of allylic oxidation sites excluding steroid dienone is 32. The zero-order chi connectivity index (χ0) is 95.5. The third-order valence-electron chi connectivity index (χ3n) is 19.0. The van der Waals surface area contributed by atoms with Crippen molar-refractivity contribution < 1.29 is 57.3 Å². The van der Waals surface area contributed by atoms with E-state index in [-0.39, 0.29) is 72.9 Å². The summed E-state index contributed by atoms with van der Waals surface area (Å²) < 4.78 is 22.0.